The molecule has 0 bridgehead atoms. The first-order valence-corrected chi connectivity index (χ1v) is 8.48. The van der Waals surface area contributed by atoms with Gasteiger partial charge in [0.05, 0.1) is 7.11 Å². The van der Waals surface area contributed by atoms with Gasteiger partial charge < -0.3 is 10.1 Å². The number of methoxy groups -OCH3 is 1. The molecule has 1 aromatic rings. The third kappa shape index (κ3) is 4.18. The van der Waals surface area contributed by atoms with Crippen LogP contribution in [0.5, 0.6) is 5.75 Å². The minimum atomic E-state index is -3.74. The Balaban J connectivity index is 3.11. The second-order valence-electron chi connectivity index (χ2n) is 4.60. The highest BCUT2D eigenvalue weighted by Gasteiger charge is 2.27. The van der Waals surface area contributed by atoms with Gasteiger partial charge in [0, 0.05) is 31.0 Å². The van der Waals surface area contributed by atoms with Crippen LogP contribution in [0.15, 0.2) is 27.6 Å². The molecule has 8 heteroatoms. The van der Waals surface area contributed by atoms with E-state index in [1.807, 2.05) is 0 Å². The minimum Gasteiger partial charge on any atom is -0.495 e. The van der Waals surface area contributed by atoms with Crippen LogP contribution < -0.4 is 10.1 Å². The molecule has 1 N–H and O–H groups in total. The Morgan fingerprint density at radius 3 is 2.62 bits per heavy atom. The first-order chi connectivity index (χ1) is 9.73. The second kappa shape index (κ2) is 7.24. The zero-order chi connectivity index (χ0) is 16.2. The van der Waals surface area contributed by atoms with Gasteiger partial charge in [0.25, 0.3) is 0 Å². The number of hydrogen-bond acceptors (Lipinski definition) is 4. The summed E-state index contributed by atoms with van der Waals surface area (Å²) < 4.78 is 32.1. The van der Waals surface area contributed by atoms with Crippen molar-refractivity contribution < 1.29 is 17.9 Å². The van der Waals surface area contributed by atoms with Gasteiger partial charge in [-0.2, -0.15) is 0 Å². The third-order valence-corrected chi connectivity index (χ3v) is 5.38. The van der Waals surface area contributed by atoms with Crippen LogP contribution in [0.25, 0.3) is 0 Å². The van der Waals surface area contributed by atoms with Crippen LogP contribution in [-0.2, 0) is 14.8 Å². The number of halogens is 1. The molecule has 0 radical (unpaired) electrons. The van der Waals surface area contributed by atoms with Crippen molar-refractivity contribution in [3.05, 3.63) is 22.7 Å². The fraction of sp³-hybridized carbons (Fsp3) is 0.462. The van der Waals surface area contributed by atoms with Crippen molar-refractivity contribution in [3.63, 3.8) is 0 Å². The summed E-state index contributed by atoms with van der Waals surface area (Å²) in [4.78, 5) is 11.6. The highest BCUT2D eigenvalue weighted by molar-refractivity contribution is 9.10. The number of hydrogen-bond donors (Lipinski definition) is 1. The van der Waals surface area contributed by atoms with Crippen molar-refractivity contribution in [2.24, 2.45) is 5.92 Å². The molecule has 1 amide bonds. The van der Waals surface area contributed by atoms with Crippen molar-refractivity contribution >= 4 is 31.9 Å². The van der Waals surface area contributed by atoms with E-state index in [1.165, 1.54) is 27.3 Å². The summed E-state index contributed by atoms with van der Waals surface area (Å²) in [6.07, 6.45) is 0. The quantitative estimate of drug-likeness (QED) is 0.812. The predicted molar refractivity (Wildman–Crippen MR) is 83.7 cm³/mol. The van der Waals surface area contributed by atoms with Crippen molar-refractivity contribution in [2.45, 2.75) is 11.8 Å². The van der Waals surface area contributed by atoms with Gasteiger partial charge >= 0.3 is 0 Å². The highest BCUT2D eigenvalue weighted by Crippen LogP contribution is 2.29. The molecular weight excluding hydrogens is 360 g/mol. The van der Waals surface area contributed by atoms with Gasteiger partial charge in [-0.1, -0.05) is 22.9 Å². The van der Waals surface area contributed by atoms with Crippen LogP contribution in [-0.4, -0.2) is 46.4 Å². The molecule has 0 saturated carbocycles. The Morgan fingerprint density at radius 2 is 2.10 bits per heavy atom. The number of sulfonamides is 1. The van der Waals surface area contributed by atoms with E-state index < -0.39 is 15.9 Å². The summed E-state index contributed by atoms with van der Waals surface area (Å²) in [5.41, 5.74) is 0. The number of benzene rings is 1. The maximum absolute atomic E-state index is 12.6. The van der Waals surface area contributed by atoms with E-state index >= 15 is 0 Å². The Labute approximate surface area is 133 Å². The largest absolute Gasteiger partial charge is 0.495 e. The number of amides is 1. The van der Waals surface area contributed by atoms with Crippen molar-refractivity contribution in [1.82, 2.24) is 9.62 Å². The molecule has 0 aliphatic rings. The van der Waals surface area contributed by atoms with Gasteiger partial charge in [0.2, 0.25) is 15.9 Å². The van der Waals surface area contributed by atoms with Crippen LogP contribution in [0.1, 0.15) is 6.92 Å². The standard InChI is InChI=1S/C13H19BrN2O4S/c1-9(13(17)15-2)8-16(3)21(18,19)12-7-10(14)5-6-11(12)20-4/h5-7,9H,8H2,1-4H3,(H,15,17). The molecule has 0 fully saturated rings. The monoisotopic (exact) mass is 378 g/mol. The van der Waals surface area contributed by atoms with Crippen molar-refractivity contribution in [2.75, 3.05) is 27.7 Å². The van der Waals surface area contributed by atoms with Gasteiger partial charge in [-0.15, -0.1) is 0 Å². The summed E-state index contributed by atoms with van der Waals surface area (Å²) in [6, 6.07) is 4.76. The zero-order valence-electron chi connectivity index (χ0n) is 12.4. The maximum Gasteiger partial charge on any atom is 0.246 e. The number of carbonyl (C=O) groups is 1. The van der Waals surface area contributed by atoms with Crippen LogP contribution in [0.3, 0.4) is 0 Å². The van der Waals surface area contributed by atoms with Crippen LogP contribution >= 0.6 is 15.9 Å². The summed E-state index contributed by atoms with van der Waals surface area (Å²) in [5, 5.41) is 2.50. The van der Waals surface area contributed by atoms with Crippen LogP contribution in [0.2, 0.25) is 0 Å². The number of carbonyl (C=O) groups excluding carboxylic acids is 1. The first-order valence-electron chi connectivity index (χ1n) is 6.25. The van der Waals surface area contributed by atoms with Crippen LogP contribution in [0.4, 0.5) is 0 Å². The molecule has 0 aliphatic carbocycles. The Hall–Kier alpha value is -1.12. The van der Waals surface area contributed by atoms with Crippen molar-refractivity contribution in [1.29, 1.82) is 0 Å². The van der Waals surface area contributed by atoms with Crippen molar-refractivity contribution in [3.8, 4) is 5.75 Å². The fourth-order valence-electron chi connectivity index (χ4n) is 1.83. The molecule has 0 aliphatic heterocycles. The average molecular weight is 379 g/mol. The lowest BCUT2D eigenvalue weighted by Crippen LogP contribution is -2.37. The number of nitrogens with zero attached hydrogens (tertiary/aromatic N) is 1. The summed E-state index contributed by atoms with van der Waals surface area (Å²) in [6.45, 7) is 1.75. The number of ether oxygens (including phenoxy) is 1. The number of rotatable bonds is 6. The van der Waals surface area contributed by atoms with Gasteiger partial charge in [0.1, 0.15) is 10.6 Å². The molecule has 118 valence electrons. The van der Waals surface area contributed by atoms with Crippen LogP contribution in [0, 0.1) is 5.92 Å². The average Bonchev–Trinajstić information content (AvgIpc) is 2.45. The minimum absolute atomic E-state index is 0.0611. The molecular formula is C13H19BrN2O4S. The van der Waals surface area contributed by atoms with Gasteiger partial charge in [-0.05, 0) is 18.2 Å². The molecule has 1 atom stereocenters. The summed E-state index contributed by atoms with van der Waals surface area (Å²) in [5.74, 6) is -0.399. The van der Waals surface area contributed by atoms with E-state index in [4.69, 9.17) is 4.74 Å². The van der Waals surface area contributed by atoms with Gasteiger partial charge in [-0.3, -0.25) is 4.79 Å². The van der Waals surface area contributed by atoms with E-state index in [-0.39, 0.29) is 23.1 Å². The van der Waals surface area contributed by atoms with E-state index in [9.17, 15) is 13.2 Å². The molecule has 6 nitrogen and oxygen atoms in total. The van der Waals surface area contributed by atoms with E-state index in [2.05, 4.69) is 21.2 Å². The fourth-order valence-corrected chi connectivity index (χ4v) is 3.78. The Bertz CT molecular complexity index is 619. The molecule has 0 spiro atoms. The molecule has 1 rings (SSSR count). The normalized spacial score (nSPS) is 13.0. The molecule has 0 heterocycles. The SMILES string of the molecule is CNC(=O)C(C)CN(C)S(=O)(=O)c1cc(Br)ccc1OC. The topological polar surface area (TPSA) is 75.7 Å². The predicted octanol–water partition coefficient (Wildman–Crippen LogP) is 1.46. The maximum atomic E-state index is 12.6. The molecule has 1 unspecified atom stereocenters. The summed E-state index contributed by atoms with van der Waals surface area (Å²) in [7, 11) is 0.628. The molecule has 0 saturated heterocycles. The third-order valence-electron chi connectivity index (χ3n) is 3.04. The first kappa shape index (κ1) is 17.9. The summed E-state index contributed by atoms with van der Waals surface area (Å²) >= 11 is 3.25. The Kier molecular flexibility index (Phi) is 6.18. The lowest BCUT2D eigenvalue weighted by Gasteiger charge is -2.21. The van der Waals surface area contributed by atoms with Gasteiger partial charge in [0.15, 0.2) is 0 Å². The van der Waals surface area contributed by atoms with E-state index in [0.29, 0.717) is 4.47 Å². The van der Waals surface area contributed by atoms with E-state index in [1.54, 1.807) is 19.1 Å². The Morgan fingerprint density at radius 1 is 1.48 bits per heavy atom. The second-order valence-corrected chi connectivity index (χ2v) is 7.53. The van der Waals surface area contributed by atoms with Gasteiger partial charge in [-0.25, -0.2) is 12.7 Å². The zero-order valence-corrected chi connectivity index (χ0v) is 14.8. The smallest absolute Gasteiger partial charge is 0.246 e. The highest BCUT2D eigenvalue weighted by atomic mass is 79.9. The molecule has 0 aromatic heterocycles. The van der Waals surface area contributed by atoms with E-state index in [0.717, 1.165) is 4.31 Å². The lowest BCUT2D eigenvalue weighted by atomic mass is 10.2. The number of nitrogens with one attached hydrogen (secondary N) is 1. The molecule has 1 aromatic carbocycles. The molecule has 21 heavy (non-hydrogen) atoms. The lowest BCUT2D eigenvalue weighted by molar-refractivity contribution is -0.124.